The summed E-state index contributed by atoms with van der Waals surface area (Å²) in [5.74, 6) is -4.04. The number of thioether (sulfide) groups is 1. The third kappa shape index (κ3) is 3.56. The van der Waals surface area contributed by atoms with Gasteiger partial charge in [0.25, 0.3) is 21.7 Å². The van der Waals surface area contributed by atoms with Crippen LogP contribution in [0.3, 0.4) is 0 Å². The van der Waals surface area contributed by atoms with E-state index in [2.05, 4.69) is 5.32 Å². The fraction of sp³-hybridized carbons (Fsp3) is 0.125. The first kappa shape index (κ1) is 18.3. The van der Waals surface area contributed by atoms with E-state index in [0.717, 1.165) is 0 Å². The van der Waals surface area contributed by atoms with E-state index in [1.165, 1.54) is 48.5 Å². The number of sulfonamides is 1. The summed E-state index contributed by atoms with van der Waals surface area (Å²) in [6.07, 6.45) is 0. The Morgan fingerprint density at radius 1 is 1.12 bits per heavy atom. The highest BCUT2D eigenvalue weighted by atomic mass is 32.2. The quantitative estimate of drug-likeness (QED) is 0.783. The van der Waals surface area contributed by atoms with E-state index >= 15 is 0 Å². The minimum atomic E-state index is -4.07. The Morgan fingerprint density at radius 2 is 1.77 bits per heavy atom. The largest absolute Gasteiger partial charge is 0.325 e. The van der Waals surface area contributed by atoms with Crippen LogP contribution in [0.5, 0.6) is 0 Å². The van der Waals surface area contributed by atoms with Crippen LogP contribution in [-0.4, -0.2) is 36.8 Å². The van der Waals surface area contributed by atoms with Crippen molar-refractivity contribution in [3.05, 3.63) is 54.1 Å². The van der Waals surface area contributed by atoms with Gasteiger partial charge in [-0.15, -0.1) is 0 Å². The maximum Gasteiger partial charge on any atom is 0.288 e. The van der Waals surface area contributed by atoms with E-state index < -0.39 is 34.1 Å². The molecule has 1 heterocycles. The topological polar surface area (TPSA) is 83.6 Å². The van der Waals surface area contributed by atoms with Gasteiger partial charge < -0.3 is 5.32 Å². The number of fused-ring (bicyclic) bond motifs is 1. The summed E-state index contributed by atoms with van der Waals surface area (Å²) >= 11 is 0.367. The molecule has 0 saturated heterocycles. The van der Waals surface area contributed by atoms with Gasteiger partial charge >= 0.3 is 0 Å². The van der Waals surface area contributed by atoms with Crippen LogP contribution in [0.1, 0.15) is 10.4 Å². The van der Waals surface area contributed by atoms with Crippen LogP contribution in [0.25, 0.3) is 0 Å². The highest BCUT2D eigenvalue weighted by Gasteiger charge is 2.41. The van der Waals surface area contributed by atoms with E-state index in [0.29, 0.717) is 26.6 Å². The standard InChI is InChI=1S/C16H12F2N2O4S2/c17-16(18)25-11-7-5-10(6-8-11)19-14(21)9-20-15(22)12-3-1-2-4-13(12)26(20,23)24/h1-8,16H,9H2,(H,19,21). The van der Waals surface area contributed by atoms with Crippen LogP contribution in [0, 0.1) is 0 Å². The molecule has 2 amide bonds. The lowest BCUT2D eigenvalue weighted by Crippen LogP contribution is -2.37. The number of benzene rings is 2. The minimum absolute atomic E-state index is 0.0219. The summed E-state index contributed by atoms with van der Waals surface area (Å²) in [6, 6.07) is 11.4. The predicted octanol–water partition coefficient (Wildman–Crippen LogP) is 2.78. The molecule has 1 aliphatic heterocycles. The van der Waals surface area contributed by atoms with Crippen molar-refractivity contribution in [3.63, 3.8) is 0 Å². The normalized spacial score (nSPS) is 15.2. The highest BCUT2D eigenvalue weighted by molar-refractivity contribution is 7.99. The van der Waals surface area contributed by atoms with Gasteiger partial charge in [0.1, 0.15) is 11.4 Å². The number of rotatable bonds is 5. The van der Waals surface area contributed by atoms with E-state index in [1.54, 1.807) is 0 Å². The number of hydrogen-bond acceptors (Lipinski definition) is 5. The second-order valence-electron chi connectivity index (χ2n) is 5.26. The lowest BCUT2D eigenvalue weighted by Gasteiger charge is -2.15. The number of carbonyl (C=O) groups is 2. The number of halogens is 2. The molecule has 0 aliphatic carbocycles. The molecular weight excluding hydrogens is 386 g/mol. The zero-order chi connectivity index (χ0) is 18.9. The summed E-state index contributed by atoms with van der Waals surface area (Å²) in [4.78, 5) is 24.6. The number of alkyl halides is 2. The van der Waals surface area contributed by atoms with Crippen molar-refractivity contribution in [3.8, 4) is 0 Å². The van der Waals surface area contributed by atoms with Crippen molar-refractivity contribution in [1.29, 1.82) is 0 Å². The van der Waals surface area contributed by atoms with E-state index in [4.69, 9.17) is 0 Å². The molecule has 0 spiro atoms. The molecule has 2 aromatic carbocycles. The number of anilines is 1. The minimum Gasteiger partial charge on any atom is -0.325 e. The first-order valence-electron chi connectivity index (χ1n) is 7.30. The molecule has 0 unspecified atom stereocenters. The molecule has 0 aromatic heterocycles. The van der Waals surface area contributed by atoms with Gasteiger partial charge in [-0.2, -0.15) is 8.78 Å². The molecule has 136 valence electrons. The fourth-order valence-electron chi connectivity index (χ4n) is 2.44. The monoisotopic (exact) mass is 398 g/mol. The predicted molar refractivity (Wildman–Crippen MR) is 91.6 cm³/mol. The van der Waals surface area contributed by atoms with Crippen molar-refractivity contribution in [2.45, 2.75) is 15.5 Å². The van der Waals surface area contributed by atoms with Crippen molar-refractivity contribution >= 4 is 39.3 Å². The summed E-state index contributed by atoms with van der Waals surface area (Å²) in [5, 5.41) is 2.44. The first-order valence-corrected chi connectivity index (χ1v) is 9.62. The lowest BCUT2D eigenvalue weighted by atomic mass is 10.2. The lowest BCUT2D eigenvalue weighted by molar-refractivity contribution is -0.116. The second kappa shape index (κ2) is 7.04. The van der Waals surface area contributed by atoms with E-state index in [9.17, 15) is 26.8 Å². The molecule has 0 bridgehead atoms. The molecule has 0 atom stereocenters. The van der Waals surface area contributed by atoms with Crippen molar-refractivity contribution < 1.29 is 26.8 Å². The average molecular weight is 398 g/mol. The van der Waals surface area contributed by atoms with Crippen LogP contribution < -0.4 is 5.32 Å². The average Bonchev–Trinajstić information content (AvgIpc) is 2.78. The molecule has 2 aromatic rings. The number of nitrogens with zero attached hydrogens (tertiary/aromatic N) is 1. The van der Waals surface area contributed by atoms with Crippen LogP contribution in [-0.2, 0) is 14.8 Å². The Kier molecular flexibility index (Phi) is 4.97. The SMILES string of the molecule is O=C(CN1C(=O)c2ccccc2S1(=O)=O)Nc1ccc(SC(F)F)cc1. The zero-order valence-electron chi connectivity index (χ0n) is 13.1. The van der Waals surface area contributed by atoms with Gasteiger partial charge in [0, 0.05) is 10.6 Å². The zero-order valence-corrected chi connectivity index (χ0v) is 14.7. The maximum absolute atomic E-state index is 12.4. The molecule has 0 radical (unpaired) electrons. The third-order valence-electron chi connectivity index (χ3n) is 3.56. The van der Waals surface area contributed by atoms with Gasteiger partial charge in [0.05, 0.1) is 5.56 Å². The molecule has 0 fully saturated rings. The van der Waals surface area contributed by atoms with Gasteiger partial charge in [-0.05, 0) is 36.4 Å². The van der Waals surface area contributed by atoms with Crippen LogP contribution in [0.2, 0.25) is 0 Å². The summed E-state index contributed by atoms with van der Waals surface area (Å²) < 4.78 is 49.8. The smallest absolute Gasteiger partial charge is 0.288 e. The van der Waals surface area contributed by atoms with Crippen LogP contribution in [0.15, 0.2) is 58.3 Å². The first-order chi connectivity index (χ1) is 12.3. The second-order valence-corrected chi connectivity index (χ2v) is 8.16. The van der Waals surface area contributed by atoms with Crippen molar-refractivity contribution in [2.24, 2.45) is 0 Å². The van der Waals surface area contributed by atoms with E-state index in [-0.39, 0.29) is 10.5 Å². The Morgan fingerprint density at radius 3 is 2.38 bits per heavy atom. The summed E-state index contributed by atoms with van der Waals surface area (Å²) in [5.41, 5.74) is 0.323. The van der Waals surface area contributed by atoms with Crippen molar-refractivity contribution in [1.82, 2.24) is 4.31 Å². The molecule has 6 nitrogen and oxygen atoms in total. The molecule has 3 rings (SSSR count). The highest BCUT2D eigenvalue weighted by Crippen LogP contribution is 2.30. The summed E-state index contributed by atoms with van der Waals surface area (Å²) in [7, 11) is -4.07. The number of amides is 2. The van der Waals surface area contributed by atoms with Gasteiger partial charge in [-0.3, -0.25) is 9.59 Å². The summed E-state index contributed by atoms with van der Waals surface area (Å²) in [6.45, 7) is -0.677. The number of nitrogens with one attached hydrogen (secondary N) is 1. The molecule has 26 heavy (non-hydrogen) atoms. The Bertz CT molecular complexity index is 962. The maximum atomic E-state index is 12.4. The molecule has 1 N–H and O–H groups in total. The van der Waals surface area contributed by atoms with Crippen molar-refractivity contribution in [2.75, 3.05) is 11.9 Å². The fourth-order valence-corrected chi connectivity index (χ4v) is 4.46. The Hall–Kier alpha value is -2.46. The Balaban J connectivity index is 1.70. The molecule has 0 saturated carbocycles. The van der Waals surface area contributed by atoms with E-state index in [1.807, 2.05) is 0 Å². The molecular formula is C16H12F2N2O4S2. The van der Waals surface area contributed by atoms with Gasteiger partial charge in [0.15, 0.2) is 0 Å². The Labute approximate surface area is 152 Å². The number of carbonyl (C=O) groups excluding carboxylic acids is 2. The molecule has 10 heteroatoms. The van der Waals surface area contributed by atoms with Gasteiger partial charge in [0.2, 0.25) is 5.91 Å². The third-order valence-corrected chi connectivity index (χ3v) is 6.07. The van der Waals surface area contributed by atoms with Gasteiger partial charge in [-0.25, -0.2) is 12.7 Å². The number of hydrogen-bond donors (Lipinski definition) is 1. The van der Waals surface area contributed by atoms with Gasteiger partial charge in [-0.1, -0.05) is 23.9 Å². The van der Waals surface area contributed by atoms with Crippen LogP contribution in [0.4, 0.5) is 14.5 Å². The van der Waals surface area contributed by atoms with Crippen LogP contribution >= 0.6 is 11.8 Å². The molecule has 1 aliphatic rings.